The largest absolute Gasteiger partial charge is 0.390 e. The van der Waals surface area contributed by atoms with Crippen molar-refractivity contribution in [3.8, 4) is 0 Å². The summed E-state index contributed by atoms with van der Waals surface area (Å²) in [6.45, 7) is 3.73. The highest BCUT2D eigenvalue weighted by molar-refractivity contribution is 5.94. The lowest BCUT2D eigenvalue weighted by atomic mass is 10.1. The molecule has 0 spiro atoms. The fraction of sp³-hybridized carbons (Fsp3) is 0.684. The van der Waals surface area contributed by atoms with Gasteiger partial charge in [-0.05, 0) is 37.8 Å². The van der Waals surface area contributed by atoms with Gasteiger partial charge in [0.1, 0.15) is 6.10 Å². The summed E-state index contributed by atoms with van der Waals surface area (Å²) in [5.74, 6) is -0.0683. The Morgan fingerprint density at radius 2 is 1.88 bits per heavy atom. The molecule has 1 aliphatic heterocycles. The van der Waals surface area contributed by atoms with E-state index in [1.54, 1.807) is 17.3 Å². The van der Waals surface area contributed by atoms with Crippen molar-refractivity contribution in [1.29, 1.82) is 0 Å². The second-order valence-electron chi connectivity index (χ2n) is 6.81. The van der Waals surface area contributed by atoms with Crippen LogP contribution in [-0.4, -0.2) is 64.5 Å². The van der Waals surface area contributed by atoms with Gasteiger partial charge in [0.25, 0.3) is 5.91 Å². The van der Waals surface area contributed by atoms with E-state index < -0.39 is 12.2 Å². The number of rotatable bonds is 1. The van der Waals surface area contributed by atoms with E-state index in [4.69, 9.17) is 4.74 Å². The summed E-state index contributed by atoms with van der Waals surface area (Å²) >= 11 is 0. The second-order valence-corrected chi connectivity index (χ2v) is 6.81. The number of aliphatic hydroxyl groups excluding tert-OH is 2. The molecule has 0 bridgehead atoms. The Hall–Kier alpha value is -1.50. The molecule has 0 saturated carbocycles. The van der Waals surface area contributed by atoms with Crippen LogP contribution >= 0.6 is 0 Å². The number of amides is 1. The normalized spacial score (nSPS) is 24.5. The fourth-order valence-electron chi connectivity index (χ4n) is 3.00. The Labute approximate surface area is 149 Å². The minimum Gasteiger partial charge on any atom is -0.390 e. The minimum absolute atomic E-state index is 0.0683. The molecule has 1 fully saturated rings. The molecule has 6 nitrogen and oxygen atoms in total. The monoisotopic (exact) mass is 350 g/mol. The Balaban J connectivity index is 2.03. The number of ether oxygens (including phenoxy) is 1. The van der Waals surface area contributed by atoms with Crippen molar-refractivity contribution in [1.82, 2.24) is 9.88 Å². The van der Waals surface area contributed by atoms with Gasteiger partial charge in [-0.25, -0.2) is 0 Å². The van der Waals surface area contributed by atoms with Crippen LogP contribution in [0.5, 0.6) is 0 Å². The smallest absolute Gasteiger partial charge is 0.255 e. The van der Waals surface area contributed by atoms with Crippen LogP contribution in [0.1, 0.15) is 54.4 Å². The van der Waals surface area contributed by atoms with Gasteiger partial charge >= 0.3 is 0 Å². The molecule has 2 atom stereocenters. The molecule has 25 heavy (non-hydrogen) atoms. The van der Waals surface area contributed by atoms with Crippen molar-refractivity contribution >= 4 is 5.91 Å². The molecule has 1 amide bonds. The number of hydrogen-bond donors (Lipinski definition) is 2. The van der Waals surface area contributed by atoms with Crippen LogP contribution < -0.4 is 0 Å². The Morgan fingerprint density at radius 1 is 1.12 bits per heavy atom. The molecular weight excluding hydrogens is 320 g/mol. The number of aryl methyl sites for hydroxylation is 1. The van der Waals surface area contributed by atoms with Crippen LogP contribution in [0, 0.1) is 6.92 Å². The summed E-state index contributed by atoms with van der Waals surface area (Å²) in [7, 11) is 0. The summed E-state index contributed by atoms with van der Waals surface area (Å²) in [5.41, 5.74) is 1.51. The average molecular weight is 350 g/mol. The number of carbonyl (C=O) groups excluding carboxylic acids is 1. The lowest BCUT2D eigenvalue weighted by Crippen LogP contribution is -2.38. The van der Waals surface area contributed by atoms with Crippen molar-refractivity contribution in [3.05, 3.63) is 29.6 Å². The molecule has 0 aromatic carbocycles. The first-order valence-corrected chi connectivity index (χ1v) is 9.22. The number of pyridine rings is 1. The van der Waals surface area contributed by atoms with Crippen molar-refractivity contribution < 1.29 is 19.7 Å². The highest BCUT2D eigenvalue weighted by Crippen LogP contribution is 2.12. The maximum absolute atomic E-state index is 12.8. The summed E-state index contributed by atoms with van der Waals surface area (Å²) < 4.78 is 5.42. The zero-order chi connectivity index (χ0) is 18.1. The average Bonchev–Trinajstić information content (AvgIpc) is 2.61. The summed E-state index contributed by atoms with van der Waals surface area (Å²) in [6, 6.07) is 1.83. The van der Waals surface area contributed by atoms with Gasteiger partial charge in [-0.3, -0.25) is 9.78 Å². The molecule has 2 N–H and O–H groups in total. The molecule has 1 aromatic rings. The molecule has 1 aliphatic rings. The first-order valence-electron chi connectivity index (χ1n) is 9.22. The highest BCUT2D eigenvalue weighted by Gasteiger charge is 2.21. The molecule has 2 rings (SSSR count). The van der Waals surface area contributed by atoms with Gasteiger partial charge in [-0.2, -0.15) is 0 Å². The van der Waals surface area contributed by atoms with E-state index in [0.29, 0.717) is 31.7 Å². The van der Waals surface area contributed by atoms with Gasteiger partial charge in [-0.1, -0.05) is 19.3 Å². The zero-order valence-corrected chi connectivity index (χ0v) is 15.1. The van der Waals surface area contributed by atoms with Crippen LogP contribution in [0.3, 0.4) is 0 Å². The van der Waals surface area contributed by atoms with Gasteiger partial charge in [0.15, 0.2) is 0 Å². The number of hydrogen-bond acceptors (Lipinski definition) is 5. The first kappa shape index (κ1) is 19.8. The van der Waals surface area contributed by atoms with E-state index >= 15 is 0 Å². The summed E-state index contributed by atoms with van der Waals surface area (Å²) in [6.07, 6.45) is 6.98. The van der Waals surface area contributed by atoms with E-state index in [1.807, 2.05) is 13.0 Å². The Kier molecular flexibility index (Phi) is 8.31. The molecule has 0 radical (unpaired) electrons. The van der Waals surface area contributed by atoms with Gasteiger partial charge in [0, 0.05) is 32.1 Å². The maximum atomic E-state index is 12.8. The lowest BCUT2D eigenvalue weighted by Gasteiger charge is -2.26. The predicted octanol–water partition coefficient (Wildman–Crippen LogP) is 1.92. The molecule has 0 aliphatic carbocycles. The quantitative estimate of drug-likeness (QED) is 0.809. The molecule has 140 valence electrons. The van der Waals surface area contributed by atoms with Gasteiger partial charge in [0.2, 0.25) is 0 Å². The van der Waals surface area contributed by atoms with Crippen molar-refractivity contribution in [2.75, 3.05) is 26.3 Å². The van der Waals surface area contributed by atoms with E-state index in [0.717, 1.165) is 37.7 Å². The summed E-state index contributed by atoms with van der Waals surface area (Å²) in [4.78, 5) is 18.7. The maximum Gasteiger partial charge on any atom is 0.255 e. The fourth-order valence-corrected chi connectivity index (χ4v) is 3.00. The van der Waals surface area contributed by atoms with Crippen LogP contribution in [0.4, 0.5) is 0 Å². The van der Waals surface area contributed by atoms with Crippen LogP contribution in [0.25, 0.3) is 0 Å². The predicted molar refractivity (Wildman–Crippen MR) is 95.4 cm³/mol. The van der Waals surface area contributed by atoms with E-state index in [9.17, 15) is 15.0 Å². The third kappa shape index (κ3) is 6.72. The van der Waals surface area contributed by atoms with Crippen molar-refractivity contribution in [3.63, 3.8) is 0 Å². The van der Waals surface area contributed by atoms with Crippen LogP contribution in [-0.2, 0) is 4.74 Å². The Bertz CT molecular complexity index is 538. The van der Waals surface area contributed by atoms with E-state index in [2.05, 4.69) is 4.98 Å². The summed E-state index contributed by atoms with van der Waals surface area (Å²) in [5, 5.41) is 20.1. The lowest BCUT2D eigenvalue weighted by molar-refractivity contribution is -0.0434. The molecule has 1 aromatic heterocycles. The second kappa shape index (κ2) is 10.5. The standard InChI is InChI=1S/C19H30N2O4/c1-15-11-16(13-20-12-15)19(24)21-8-5-3-2-4-6-10-25-14-18(23)17(22)7-9-21/h11-13,17-18,22-23H,2-10,14H2,1H3/t17-,18+/m0/s1. The molecular formula is C19H30N2O4. The number of aliphatic hydroxyl groups is 2. The molecule has 2 heterocycles. The third-order valence-corrected chi connectivity index (χ3v) is 4.55. The van der Waals surface area contributed by atoms with Crippen LogP contribution in [0.2, 0.25) is 0 Å². The number of nitrogens with zero attached hydrogens (tertiary/aromatic N) is 2. The SMILES string of the molecule is Cc1cncc(C(=O)N2CCCCCCCOC[C@@H](O)[C@@H](O)CC2)c1. The van der Waals surface area contributed by atoms with Crippen LogP contribution in [0.15, 0.2) is 18.5 Å². The van der Waals surface area contributed by atoms with Crippen molar-refractivity contribution in [2.45, 2.75) is 57.7 Å². The number of carbonyl (C=O) groups is 1. The molecule has 0 unspecified atom stereocenters. The molecule has 6 heteroatoms. The number of aromatic nitrogens is 1. The van der Waals surface area contributed by atoms with Gasteiger partial charge in [0.05, 0.1) is 18.3 Å². The van der Waals surface area contributed by atoms with Crippen molar-refractivity contribution in [2.24, 2.45) is 0 Å². The topological polar surface area (TPSA) is 82.9 Å². The zero-order valence-electron chi connectivity index (χ0n) is 15.1. The van der Waals surface area contributed by atoms with E-state index in [1.165, 1.54) is 0 Å². The molecule has 1 saturated heterocycles. The van der Waals surface area contributed by atoms with Gasteiger partial charge < -0.3 is 19.8 Å². The Morgan fingerprint density at radius 3 is 2.68 bits per heavy atom. The third-order valence-electron chi connectivity index (χ3n) is 4.55. The highest BCUT2D eigenvalue weighted by atomic mass is 16.5. The van der Waals surface area contributed by atoms with Gasteiger partial charge in [-0.15, -0.1) is 0 Å². The first-order chi connectivity index (χ1) is 12.1. The van der Waals surface area contributed by atoms with E-state index in [-0.39, 0.29) is 12.5 Å². The minimum atomic E-state index is -0.916.